The largest absolute Gasteiger partial charge is 0.344 e. The quantitative estimate of drug-likeness (QED) is 0.720. The summed E-state index contributed by atoms with van der Waals surface area (Å²) in [6, 6.07) is 18.1. The normalized spacial score (nSPS) is 11.9. The van der Waals surface area contributed by atoms with Gasteiger partial charge in [0.25, 0.3) is 0 Å². The van der Waals surface area contributed by atoms with E-state index in [4.69, 9.17) is 0 Å². The van der Waals surface area contributed by atoms with Gasteiger partial charge in [0.1, 0.15) is 5.82 Å². The number of carbonyl (C=O) groups is 1. The first-order chi connectivity index (χ1) is 11.6. The van der Waals surface area contributed by atoms with E-state index in [1.165, 1.54) is 17.7 Å². The Morgan fingerprint density at radius 2 is 1.92 bits per heavy atom. The van der Waals surface area contributed by atoms with Crippen LogP contribution in [0.5, 0.6) is 0 Å². The smallest absolute Gasteiger partial charge is 0.225 e. The Labute approximate surface area is 145 Å². The Balaban J connectivity index is 1.79. The Kier molecular flexibility index (Phi) is 5.06. The molecule has 0 radical (unpaired) electrons. The van der Waals surface area contributed by atoms with Gasteiger partial charge in [0.15, 0.2) is 0 Å². The minimum atomic E-state index is -0.325. The number of rotatable bonds is 5. The lowest BCUT2D eigenvalue weighted by Crippen LogP contribution is -2.30. The van der Waals surface area contributed by atoms with E-state index in [9.17, 15) is 9.18 Å². The maximum atomic E-state index is 13.3. The molecule has 0 aliphatic rings. The molecule has 1 amide bonds. The molecule has 0 saturated heterocycles. The van der Waals surface area contributed by atoms with Gasteiger partial charge in [0.2, 0.25) is 5.91 Å². The summed E-state index contributed by atoms with van der Waals surface area (Å²) in [6.45, 7) is 2.03. The Morgan fingerprint density at radius 1 is 1.12 bits per heavy atom. The van der Waals surface area contributed by atoms with Crippen LogP contribution in [0.2, 0.25) is 0 Å². The number of hydrogen-bond acceptors (Lipinski definition) is 2. The Morgan fingerprint density at radius 3 is 2.58 bits per heavy atom. The summed E-state index contributed by atoms with van der Waals surface area (Å²) in [5.41, 5.74) is 2.88. The third kappa shape index (κ3) is 4.09. The van der Waals surface area contributed by atoms with Crippen LogP contribution < -0.4 is 5.32 Å². The molecule has 0 aliphatic carbocycles. The molecule has 2 aromatic carbocycles. The average molecular weight is 339 g/mol. The van der Waals surface area contributed by atoms with Crippen LogP contribution in [0.3, 0.4) is 0 Å². The van der Waals surface area contributed by atoms with Gasteiger partial charge in [-0.25, -0.2) is 4.39 Å². The van der Waals surface area contributed by atoms with E-state index < -0.39 is 0 Å². The van der Waals surface area contributed by atoms with Gasteiger partial charge in [-0.2, -0.15) is 0 Å². The monoisotopic (exact) mass is 339 g/mol. The van der Waals surface area contributed by atoms with E-state index in [-0.39, 0.29) is 24.2 Å². The molecule has 122 valence electrons. The fourth-order valence-corrected chi connectivity index (χ4v) is 3.38. The molecule has 1 aromatic heterocycles. The maximum Gasteiger partial charge on any atom is 0.225 e. The first-order valence-electron chi connectivity index (χ1n) is 7.75. The lowest BCUT2D eigenvalue weighted by atomic mass is 10.0. The molecule has 1 N–H and O–H groups in total. The number of amides is 1. The number of nitrogens with one attached hydrogen (secondary N) is 1. The van der Waals surface area contributed by atoms with Gasteiger partial charge in [-0.15, -0.1) is 11.3 Å². The predicted octanol–water partition coefficient (Wildman–Crippen LogP) is 4.64. The highest BCUT2D eigenvalue weighted by Crippen LogP contribution is 2.26. The van der Waals surface area contributed by atoms with Gasteiger partial charge in [0, 0.05) is 4.88 Å². The summed E-state index contributed by atoms with van der Waals surface area (Å²) in [5, 5.41) is 5.07. The highest BCUT2D eigenvalue weighted by atomic mass is 32.1. The van der Waals surface area contributed by atoms with Crippen LogP contribution in [0.25, 0.3) is 0 Å². The van der Waals surface area contributed by atoms with Crippen molar-refractivity contribution in [1.82, 2.24) is 5.32 Å². The summed E-state index contributed by atoms with van der Waals surface area (Å²) in [4.78, 5) is 13.5. The van der Waals surface area contributed by atoms with E-state index in [0.717, 1.165) is 10.4 Å². The number of benzene rings is 2. The number of carbonyl (C=O) groups excluding carboxylic acids is 1. The number of thiophene rings is 1. The van der Waals surface area contributed by atoms with E-state index in [2.05, 4.69) is 5.32 Å². The summed E-state index contributed by atoms with van der Waals surface area (Å²) in [6.07, 6.45) is 0.158. The van der Waals surface area contributed by atoms with Crippen molar-refractivity contribution in [3.63, 3.8) is 0 Å². The molecule has 1 heterocycles. The van der Waals surface area contributed by atoms with Crippen LogP contribution in [0.1, 0.15) is 27.6 Å². The zero-order valence-electron chi connectivity index (χ0n) is 13.3. The molecule has 0 saturated carbocycles. The van der Waals surface area contributed by atoms with Crippen molar-refractivity contribution in [1.29, 1.82) is 0 Å². The number of halogens is 1. The zero-order valence-corrected chi connectivity index (χ0v) is 14.1. The fourth-order valence-electron chi connectivity index (χ4n) is 2.58. The molecule has 3 aromatic rings. The van der Waals surface area contributed by atoms with Crippen molar-refractivity contribution in [3.05, 3.63) is 93.4 Å². The molecule has 0 spiro atoms. The van der Waals surface area contributed by atoms with Gasteiger partial charge in [-0.05, 0) is 41.6 Å². The van der Waals surface area contributed by atoms with Gasteiger partial charge in [-0.1, -0.05) is 48.0 Å². The fraction of sp³-hybridized carbons (Fsp3) is 0.150. The summed E-state index contributed by atoms with van der Waals surface area (Å²) in [7, 11) is 0. The number of hydrogen-bond donors (Lipinski definition) is 1. The SMILES string of the molecule is Cc1ccc([C@@H](NC(=O)Cc2cccc(F)c2)c2cccs2)cc1. The Bertz CT molecular complexity index is 812. The van der Waals surface area contributed by atoms with Crippen molar-refractivity contribution in [3.8, 4) is 0 Å². The molecule has 1 atom stereocenters. The Hall–Kier alpha value is -2.46. The summed E-state index contributed by atoms with van der Waals surface area (Å²) in [5.74, 6) is -0.451. The second-order valence-corrected chi connectivity index (χ2v) is 6.71. The van der Waals surface area contributed by atoms with Crippen molar-refractivity contribution in [2.24, 2.45) is 0 Å². The molecule has 0 bridgehead atoms. The molecule has 3 rings (SSSR count). The highest BCUT2D eigenvalue weighted by Gasteiger charge is 2.18. The van der Waals surface area contributed by atoms with Crippen molar-refractivity contribution in [2.45, 2.75) is 19.4 Å². The number of aryl methyl sites for hydroxylation is 1. The predicted molar refractivity (Wildman–Crippen MR) is 95.6 cm³/mol. The molecule has 2 nitrogen and oxygen atoms in total. The van der Waals surface area contributed by atoms with Crippen molar-refractivity contribution < 1.29 is 9.18 Å². The minimum absolute atomic E-state index is 0.125. The van der Waals surface area contributed by atoms with E-state index in [1.807, 2.05) is 48.7 Å². The van der Waals surface area contributed by atoms with Crippen LogP contribution in [-0.2, 0) is 11.2 Å². The van der Waals surface area contributed by atoms with Crippen molar-refractivity contribution >= 4 is 17.2 Å². The lowest BCUT2D eigenvalue weighted by Gasteiger charge is -2.18. The first kappa shape index (κ1) is 16.4. The maximum absolute atomic E-state index is 13.3. The van der Waals surface area contributed by atoms with Crippen LogP contribution >= 0.6 is 11.3 Å². The van der Waals surface area contributed by atoms with E-state index >= 15 is 0 Å². The van der Waals surface area contributed by atoms with Crippen LogP contribution in [-0.4, -0.2) is 5.91 Å². The lowest BCUT2D eigenvalue weighted by molar-refractivity contribution is -0.120. The van der Waals surface area contributed by atoms with E-state index in [0.29, 0.717) is 5.56 Å². The second kappa shape index (κ2) is 7.41. The van der Waals surface area contributed by atoms with Gasteiger partial charge < -0.3 is 5.32 Å². The summed E-state index contributed by atoms with van der Waals surface area (Å²) < 4.78 is 13.3. The van der Waals surface area contributed by atoms with Crippen LogP contribution in [0, 0.1) is 12.7 Å². The van der Waals surface area contributed by atoms with E-state index in [1.54, 1.807) is 23.5 Å². The topological polar surface area (TPSA) is 29.1 Å². The van der Waals surface area contributed by atoms with Crippen LogP contribution in [0.4, 0.5) is 4.39 Å². The van der Waals surface area contributed by atoms with Gasteiger partial charge >= 0.3 is 0 Å². The zero-order chi connectivity index (χ0) is 16.9. The standard InChI is InChI=1S/C20H18FNOS/c1-14-7-9-16(10-8-14)20(18-6-3-11-24-18)22-19(23)13-15-4-2-5-17(21)12-15/h2-12,20H,13H2,1H3,(H,22,23)/t20-/m1/s1. The van der Waals surface area contributed by atoms with Crippen molar-refractivity contribution in [2.75, 3.05) is 0 Å². The van der Waals surface area contributed by atoms with Gasteiger partial charge in [-0.3, -0.25) is 4.79 Å². The molecular weight excluding hydrogens is 321 g/mol. The molecule has 0 fully saturated rings. The van der Waals surface area contributed by atoms with Gasteiger partial charge in [0.05, 0.1) is 12.5 Å². The third-order valence-electron chi connectivity index (χ3n) is 3.80. The highest BCUT2D eigenvalue weighted by molar-refractivity contribution is 7.10. The summed E-state index contributed by atoms with van der Waals surface area (Å²) >= 11 is 1.61. The van der Waals surface area contributed by atoms with Crippen LogP contribution in [0.15, 0.2) is 66.0 Å². The minimum Gasteiger partial charge on any atom is -0.344 e. The third-order valence-corrected chi connectivity index (χ3v) is 4.73. The second-order valence-electron chi connectivity index (χ2n) is 5.73. The molecular formula is C20H18FNOS. The molecule has 24 heavy (non-hydrogen) atoms. The molecule has 4 heteroatoms. The first-order valence-corrected chi connectivity index (χ1v) is 8.63. The molecule has 0 unspecified atom stereocenters. The average Bonchev–Trinajstić information content (AvgIpc) is 3.08. The molecule has 0 aliphatic heterocycles.